The van der Waals surface area contributed by atoms with Gasteiger partial charge in [-0.1, -0.05) is 12.1 Å². The van der Waals surface area contributed by atoms with Gasteiger partial charge in [-0.3, -0.25) is 9.59 Å². The van der Waals surface area contributed by atoms with Gasteiger partial charge in [-0.15, -0.1) is 0 Å². The molecule has 0 saturated carbocycles. The van der Waals surface area contributed by atoms with E-state index in [1.165, 1.54) is 24.6 Å². The van der Waals surface area contributed by atoms with Crippen LogP contribution in [0.1, 0.15) is 28.8 Å². The summed E-state index contributed by atoms with van der Waals surface area (Å²) in [5.41, 5.74) is 8.45. The van der Waals surface area contributed by atoms with E-state index in [0.717, 1.165) is 36.8 Å². The summed E-state index contributed by atoms with van der Waals surface area (Å²) in [6, 6.07) is 14.8. The lowest BCUT2D eigenvalue weighted by Crippen LogP contribution is -2.37. The summed E-state index contributed by atoms with van der Waals surface area (Å²) in [7, 11) is 4.27. The minimum Gasteiger partial charge on any atom is -0.372 e. The van der Waals surface area contributed by atoms with E-state index < -0.39 is 5.91 Å². The molecule has 0 bridgehead atoms. The second kappa shape index (κ2) is 10.1. The van der Waals surface area contributed by atoms with Crippen LogP contribution in [0.2, 0.25) is 0 Å². The molecule has 0 unspecified atom stereocenters. The molecular weight excluding hydrogens is 376 g/mol. The molecule has 1 fully saturated rings. The number of hydrogen-bond donors (Lipinski definition) is 2. The first-order chi connectivity index (χ1) is 14.4. The van der Waals surface area contributed by atoms with Gasteiger partial charge in [-0.25, -0.2) is 0 Å². The summed E-state index contributed by atoms with van der Waals surface area (Å²) >= 11 is 0. The third kappa shape index (κ3) is 6.19. The van der Waals surface area contributed by atoms with Gasteiger partial charge in [0.15, 0.2) is 0 Å². The lowest BCUT2D eigenvalue weighted by molar-refractivity contribution is -0.111. The molecule has 6 nitrogen and oxygen atoms in total. The maximum Gasteiger partial charge on any atom is 0.248 e. The van der Waals surface area contributed by atoms with Gasteiger partial charge in [0, 0.05) is 42.6 Å². The number of piperidine rings is 1. The van der Waals surface area contributed by atoms with Crippen molar-refractivity contribution in [2.45, 2.75) is 12.8 Å². The average Bonchev–Trinajstić information content (AvgIpc) is 2.73. The molecule has 2 aromatic carbocycles. The van der Waals surface area contributed by atoms with Gasteiger partial charge in [0.25, 0.3) is 0 Å². The first kappa shape index (κ1) is 21.6. The third-order valence-corrected chi connectivity index (χ3v) is 5.36. The van der Waals surface area contributed by atoms with E-state index in [2.05, 4.69) is 41.3 Å². The highest BCUT2D eigenvalue weighted by Crippen LogP contribution is 2.25. The van der Waals surface area contributed by atoms with Gasteiger partial charge < -0.3 is 20.9 Å². The molecule has 0 aliphatic carbocycles. The van der Waals surface area contributed by atoms with Crippen LogP contribution in [0.25, 0.3) is 6.08 Å². The molecule has 0 spiro atoms. The highest BCUT2D eigenvalue weighted by Gasteiger charge is 2.19. The van der Waals surface area contributed by atoms with Crippen LogP contribution < -0.4 is 16.0 Å². The quantitative estimate of drug-likeness (QED) is 0.692. The van der Waals surface area contributed by atoms with E-state index in [4.69, 9.17) is 5.73 Å². The minimum absolute atomic E-state index is 0.203. The van der Waals surface area contributed by atoms with Crippen molar-refractivity contribution in [2.75, 3.05) is 43.9 Å². The summed E-state index contributed by atoms with van der Waals surface area (Å²) in [5, 5.41) is 2.88. The zero-order chi connectivity index (χ0) is 21.5. The number of primary amides is 1. The van der Waals surface area contributed by atoms with Crippen LogP contribution in [0.4, 0.5) is 11.4 Å². The molecule has 1 aliphatic heterocycles. The highest BCUT2D eigenvalue weighted by molar-refractivity contribution is 6.02. The van der Waals surface area contributed by atoms with E-state index in [9.17, 15) is 9.59 Å². The smallest absolute Gasteiger partial charge is 0.248 e. The van der Waals surface area contributed by atoms with Crippen molar-refractivity contribution in [3.8, 4) is 0 Å². The predicted molar refractivity (Wildman–Crippen MR) is 123 cm³/mol. The molecule has 2 aromatic rings. The topological polar surface area (TPSA) is 78.7 Å². The lowest BCUT2D eigenvalue weighted by Gasteiger charge is -2.34. The summed E-state index contributed by atoms with van der Waals surface area (Å²) in [4.78, 5) is 28.0. The molecule has 0 radical (unpaired) electrons. The number of rotatable bonds is 7. The minimum atomic E-state index is -0.468. The molecule has 2 amide bonds. The Morgan fingerprint density at radius 2 is 1.70 bits per heavy atom. The van der Waals surface area contributed by atoms with Crippen molar-refractivity contribution >= 4 is 29.3 Å². The molecule has 30 heavy (non-hydrogen) atoms. The van der Waals surface area contributed by atoms with Crippen molar-refractivity contribution < 1.29 is 9.59 Å². The average molecular weight is 407 g/mol. The van der Waals surface area contributed by atoms with Gasteiger partial charge in [-0.05, 0) is 80.9 Å². The third-order valence-electron chi connectivity index (χ3n) is 5.36. The Morgan fingerprint density at radius 1 is 1.07 bits per heavy atom. The summed E-state index contributed by atoms with van der Waals surface area (Å²) in [6.07, 6.45) is 5.60. The molecule has 1 saturated heterocycles. The van der Waals surface area contributed by atoms with Gasteiger partial charge in [-0.2, -0.15) is 0 Å². The Hall–Kier alpha value is -3.12. The van der Waals surface area contributed by atoms with E-state index in [-0.39, 0.29) is 5.91 Å². The Bertz CT molecular complexity index is 880. The van der Waals surface area contributed by atoms with Gasteiger partial charge in [0.05, 0.1) is 0 Å². The predicted octanol–water partition coefficient (Wildman–Crippen LogP) is 3.22. The Labute approximate surface area is 178 Å². The maximum atomic E-state index is 12.2. The fraction of sp³-hybridized carbons (Fsp3) is 0.333. The van der Waals surface area contributed by atoms with Crippen LogP contribution in [0.5, 0.6) is 0 Å². The molecule has 1 aliphatic rings. The van der Waals surface area contributed by atoms with Crippen molar-refractivity contribution in [3.05, 3.63) is 65.7 Å². The SMILES string of the molecule is CN(C)CC1CCN(c2ccc(NC(=O)C=Cc3ccc(C(N)=O)cc3)cc2)CC1. The largest absolute Gasteiger partial charge is 0.372 e. The van der Waals surface area contributed by atoms with Crippen LogP contribution in [-0.4, -0.2) is 50.4 Å². The zero-order valence-corrected chi connectivity index (χ0v) is 17.7. The van der Waals surface area contributed by atoms with Crippen molar-refractivity contribution in [1.29, 1.82) is 0 Å². The zero-order valence-electron chi connectivity index (χ0n) is 17.7. The van der Waals surface area contributed by atoms with Crippen LogP contribution in [0.15, 0.2) is 54.6 Å². The van der Waals surface area contributed by atoms with E-state index in [1.807, 2.05) is 12.1 Å². The fourth-order valence-corrected chi connectivity index (χ4v) is 3.76. The van der Waals surface area contributed by atoms with Crippen molar-refractivity contribution in [1.82, 2.24) is 4.90 Å². The van der Waals surface area contributed by atoms with E-state index >= 15 is 0 Å². The maximum absolute atomic E-state index is 12.2. The fourth-order valence-electron chi connectivity index (χ4n) is 3.76. The summed E-state index contributed by atoms with van der Waals surface area (Å²) in [5.74, 6) is 0.101. The number of benzene rings is 2. The first-order valence-electron chi connectivity index (χ1n) is 10.3. The molecular formula is C24H30N4O2. The number of nitrogens with zero attached hydrogens (tertiary/aromatic N) is 2. The van der Waals surface area contributed by atoms with Crippen molar-refractivity contribution in [3.63, 3.8) is 0 Å². The number of nitrogens with one attached hydrogen (secondary N) is 1. The Morgan fingerprint density at radius 3 is 2.27 bits per heavy atom. The van der Waals surface area contributed by atoms with E-state index in [0.29, 0.717) is 5.56 Å². The molecule has 0 atom stereocenters. The van der Waals surface area contributed by atoms with Gasteiger partial charge in [0.2, 0.25) is 11.8 Å². The Balaban J connectivity index is 1.50. The Kier molecular flexibility index (Phi) is 7.25. The van der Waals surface area contributed by atoms with Crippen LogP contribution in [0.3, 0.4) is 0 Å². The second-order valence-corrected chi connectivity index (χ2v) is 8.05. The standard InChI is InChI=1S/C24H30N4O2/c1-27(2)17-19-13-15-28(16-14-19)22-10-8-21(9-11-22)26-23(29)12-5-18-3-6-20(7-4-18)24(25)30/h3-12,19H,13-17H2,1-2H3,(H2,25,30)(H,26,29). The number of carbonyl (C=O) groups is 2. The number of nitrogens with two attached hydrogens (primary N) is 1. The molecule has 158 valence electrons. The second-order valence-electron chi connectivity index (χ2n) is 8.05. The molecule has 3 rings (SSSR count). The van der Waals surface area contributed by atoms with Crippen LogP contribution in [-0.2, 0) is 4.79 Å². The molecule has 3 N–H and O–H groups in total. The molecule has 0 aromatic heterocycles. The van der Waals surface area contributed by atoms with E-state index in [1.54, 1.807) is 30.3 Å². The van der Waals surface area contributed by atoms with Crippen LogP contribution in [0, 0.1) is 5.92 Å². The molecule has 1 heterocycles. The lowest BCUT2D eigenvalue weighted by atomic mass is 9.96. The summed E-state index contributed by atoms with van der Waals surface area (Å²) in [6.45, 7) is 3.30. The first-order valence-corrected chi connectivity index (χ1v) is 10.3. The number of carbonyl (C=O) groups excluding carboxylic acids is 2. The molecule has 6 heteroatoms. The van der Waals surface area contributed by atoms with Gasteiger partial charge in [0.1, 0.15) is 0 Å². The number of hydrogen-bond acceptors (Lipinski definition) is 4. The number of anilines is 2. The normalized spacial score (nSPS) is 15.0. The van der Waals surface area contributed by atoms with Gasteiger partial charge >= 0.3 is 0 Å². The monoisotopic (exact) mass is 406 g/mol. The number of amides is 2. The van der Waals surface area contributed by atoms with Crippen LogP contribution >= 0.6 is 0 Å². The van der Waals surface area contributed by atoms with Crippen molar-refractivity contribution in [2.24, 2.45) is 11.7 Å². The highest BCUT2D eigenvalue weighted by atomic mass is 16.1. The summed E-state index contributed by atoms with van der Waals surface area (Å²) < 4.78 is 0.